The van der Waals surface area contributed by atoms with Gasteiger partial charge in [0.2, 0.25) is 0 Å². The second kappa shape index (κ2) is 3.75. The molecule has 0 N–H and O–H groups in total. The van der Waals surface area contributed by atoms with Gasteiger partial charge in [0, 0.05) is 0 Å². The van der Waals surface area contributed by atoms with E-state index in [2.05, 4.69) is 39.8 Å². The van der Waals surface area contributed by atoms with E-state index < -0.39 is 0 Å². The van der Waals surface area contributed by atoms with Gasteiger partial charge in [-0.15, -0.1) is 0 Å². The fourth-order valence-electron chi connectivity index (χ4n) is 1.39. The summed E-state index contributed by atoms with van der Waals surface area (Å²) in [5, 5.41) is 0. The number of hydrogen-bond acceptors (Lipinski definition) is 0. The average molecular weight is 160 g/mol. The molecule has 64 valence electrons. The molecule has 0 heteroatoms. The molecule has 0 aliphatic rings. The molecule has 0 saturated carbocycles. The van der Waals surface area contributed by atoms with Gasteiger partial charge in [-0.3, -0.25) is 0 Å². The fraction of sp³-hybridized carbons (Fsp3) is 0.500. The lowest BCUT2D eigenvalue weighted by atomic mass is 9.97. The smallest absolute Gasteiger partial charge is 0.0111 e. The highest BCUT2D eigenvalue weighted by Crippen LogP contribution is 2.15. The number of rotatable bonds is 2. The van der Waals surface area contributed by atoms with Crippen molar-refractivity contribution in [2.24, 2.45) is 0 Å². The van der Waals surface area contributed by atoms with E-state index in [0.29, 0.717) is 0 Å². The van der Waals surface area contributed by atoms with Crippen molar-refractivity contribution < 1.29 is 0 Å². The Bertz CT molecular complexity index is 243. The first-order valence-electron chi connectivity index (χ1n) is 4.62. The summed E-state index contributed by atoms with van der Waals surface area (Å²) < 4.78 is 0. The van der Waals surface area contributed by atoms with Crippen LogP contribution in [0.5, 0.6) is 0 Å². The molecule has 12 heavy (non-hydrogen) atoms. The molecule has 0 fully saturated rings. The minimum atomic E-state index is 1.07. The molecule has 0 unspecified atom stereocenters. The van der Waals surface area contributed by atoms with Crippen molar-refractivity contribution in [3.05, 3.63) is 34.4 Å². The molecule has 0 spiro atoms. The lowest BCUT2D eigenvalue weighted by Crippen LogP contribution is -1.95. The maximum absolute atomic E-state index is 3.41. The molecular formula is C12H16. The van der Waals surface area contributed by atoms with Crippen LogP contribution < -0.4 is 0 Å². The Balaban J connectivity index is 3.19. The Morgan fingerprint density at radius 2 is 1.17 bits per heavy atom. The van der Waals surface area contributed by atoms with Crippen LogP contribution in [0.2, 0.25) is 0 Å². The van der Waals surface area contributed by atoms with E-state index in [1.165, 1.54) is 22.3 Å². The number of benzene rings is 1. The summed E-state index contributed by atoms with van der Waals surface area (Å²) in [6.45, 7) is 8.55. The third-order valence-corrected chi connectivity index (χ3v) is 2.31. The van der Waals surface area contributed by atoms with Gasteiger partial charge in [0.05, 0.1) is 0 Å². The fourth-order valence-corrected chi connectivity index (χ4v) is 1.39. The predicted octanol–water partition coefficient (Wildman–Crippen LogP) is 3.03. The normalized spacial score (nSPS) is 10.3. The van der Waals surface area contributed by atoms with Crippen molar-refractivity contribution in [2.75, 3.05) is 0 Å². The van der Waals surface area contributed by atoms with Gasteiger partial charge in [0.1, 0.15) is 0 Å². The molecule has 0 aromatic heterocycles. The monoisotopic (exact) mass is 160 g/mol. The summed E-state index contributed by atoms with van der Waals surface area (Å²) in [5.74, 6) is 0. The Morgan fingerprint density at radius 3 is 1.42 bits per heavy atom. The molecule has 1 rings (SSSR count). The van der Waals surface area contributed by atoms with E-state index in [0.717, 1.165) is 12.8 Å². The van der Waals surface area contributed by atoms with Gasteiger partial charge in [0.15, 0.2) is 0 Å². The Kier molecular flexibility index (Phi) is 2.91. The Hall–Kier alpha value is -0.780. The second-order valence-corrected chi connectivity index (χ2v) is 3.16. The van der Waals surface area contributed by atoms with E-state index >= 15 is 0 Å². The summed E-state index contributed by atoms with van der Waals surface area (Å²) in [5.41, 5.74) is 5.15. The zero-order valence-electron chi connectivity index (χ0n) is 8.41. The van der Waals surface area contributed by atoms with E-state index in [4.69, 9.17) is 0 Å². The van der Waals surface area contributed by atoms with Crippen LogP contribution >= 0.6 is 0 Å². The van der Waals surface area contributed by atoms with Crippen molar-refractivity contribution in [1.82, 2.24) is 0 Å². The van der Waals surface area contributed by atoms with Crippen LogP contribution in [0.15, 0.2) is 0 Å². The van der Waals surface area contributed by atoms with Gasteiger partial charge in [0.25, 0.3) is 0 Å². The van der Waals surface area contributed by atoms with Crippen molar-refractivity contribution >= 4 is 0 Å². The molecule has 0 saturated heterocycles. The molecule has 0 bridgehead atoms. The second-order valence-electron chi connectivity index (χ2n) is 3.16. The lowest BCUT2D eigenvalue weighted by Gasteiger charge is -2.08. The first kappa shape index (κ1) is 9.31. The van der Waals surface area contributed by atoms with E-state index in [-0.39, 0.29) is 0 Å². The largest absolute Gasteiger partial charge is 0.0613 e. The van der Waals surface area contributed by atoms with Crippen LogP contribution in [-0.2, 0) is 12.8 Å². The Labute approximate surface area is 75.6 Å². The molecule has 0 heterocycles. The SMILES string of the molecule is CCc1[c]c(C)c(C)[c]c1CC. The zero-order chi connectivity index (χ0) is 9.14. The summed E-state index contributed by atoms with van der Waals surface area (Å²) in [6, 6.07) is 6.83. The third kappa shape index (κ3) is 1.69. The highest BCUT2D eigenvalue weighted by molar-refractivity contribution is 5.34. The molecule has 0 aliphatic heterocycles. The van der Waals surface area contributed by atoms with Crippen molar-refractivity contribution in [1.29, 1.82) is 0 Å². The van der Waals surface area contributed by atoms with Gasteiger partial charge in [-0.25, -0.2) is 0 Å². The van der Waals surface area contributed by atoms with Crippen LogP contribution in [0.3, 0.4) is 0 Å². The number of aryl methyl sites for hydroxylation is 4. The topological polar surface area (TPSA) is 0 Å². The predicted molar refractivity (Wildman–Crippen MR) is 52.3 cm³/mol. The quantitative estimate of drug-likeness (QED) is 0.624. The molecular weight excluding hydrogens is 144 g/mol. The van der Waals surface area contributed by atoms with E-state index in [1.54, 1.807) is 0 Å². The standard InChI is InChI=1S/C12H16/c1-5-11-7-9(3)10(4)8-12(11)6-2/h5-6H2,1-4H3. The van der Waals surface area contributed by atoms with Gasteiger partial charge < -0.3 is 0 Å². The lowest BCUT2D eigenvalue weighted by molar-refractivity contribution is 1.02. The molecule has 0 atom stereocenters. The average Bonchev–Trinajstić information content (AvgIpc) is 2.09. The van der Waals surface area contributed by atoms with Crippen LogP contribution in [0, 0.1) is 26.0 Å². The van der Waals surface area contributed by atoms with Crippen LogP contribution in [0.1, 0.15) is 36.1 Å². The highest BCUT2D eigenvalue weighted by atomic mass is 14.1. The first-order chi connectivity index (χ1) is 5.69. The molecule has 2 radical (unpaired) electrons. The van der Waals surface area contributed by atoms with Crippen LogP contribution in [-0.4, -0.2) is 0 Å². The summed E-state index contributed by atoms with van der Waals surface area (Å²) >= 11 is 0. The van der Waals surface area contributed by atoms with Gasteiger partial charge >= 0.3 is 0 Å². The molecule has 0 amide bonds. The molecule has 1 aromatic rings. The Morgan fingerprint density at radius 1 is 0.833 bits per heavy atom. The van der Waals surface area contributed by atoms with Crippen molar-refractivity contribution in [3.63, 3.8) is 0 Å². The van der Waals surface area contributed by atoms with Gasteiger partial charge in [-0.1, -0.05) is 13.8 Å². The highest BCUT2D eigenvalue weighted by Gasteiger charge is 2.02. The minimum absolute atomic E-state index is 1.07. The minimum Gasteiger partial charge on any atom is -0.0613 e. The zero-order valence-corrected chi connectivity index (χ0v) is 8.41. The van der Waals surface area contributed by atoms with Gasteiger partial charge in [-0.2, -0.15) is 0 Å². The van der Waals surface area contributed by atoms with Crippen LogP contribution in [0.25, 0.3) is 0 Å². The summed E-state index contributed by atoms with van der Waals surface area (Å²) in [6.07, 6.45) is 2.14. The van der Waals surface area contributed by atoms with E-state index in [9.17, 15) is 0 Å². The first-order valence-corrected chi connectivity index (χ1v) is 4.62. The van der Waals surface area contributed by atoms with Crippen molar-refractivity contribution in [3.8, 4) is 0 Å². The number of hydrogen-bond donors (Lipinski definition) is 0. The third-order valence-electron chi connectivity index (χ3n) is 2.31. The van der Waals surface area contributed by atoms with E-state index in [1.807, 2.05) is 0 Å². The van der Waals surface area contributed by atoms with Gasteiger partial charge in [-0.05, 0) is 61.1 Å². The molecule has 0 nitrogen and oxygen atoms in total. The van der Waals surface area contributed by atoms with Crippen LogP contribution in [0.4, 0.5) is 0 Å². The maximum Gasteiger partial charge on any atom is -0.0111 e. The summed E-state index contributed by atoms with van der Waals surface area (Å²) in [4.78, 5) is 0. The maximum atomic E-state index is 3.41. The molecule has 1 aromatic carbocycles. The molecule has 0 aliphatic carbocycles. The summed E-state index contributed by atoms with van der Waals surface area (Å²) in [7, 11) is 0. The van der Waals surface area contributed by atoms with Crippen molar-refractivity contribution in [2.45, 2.75) is 40.5 Å².